The molecule has 0 bridgehead atoms. The highest BCUT2D eigenvalue weighted by Crippen LogP contribution is 2.43. The zero-order chi connectivity index (χ0) is 22.6. The van der Waals surface area contributed by atoms with E-state index in [4.69, 9.17) is 16.3 Å². The Morgan fingerprint density at radius 1 is 1.06 bits per heavy atom. The Hall–Kier alpha value is -2.60. The van der Waals surface area contributed by atoms with Gasteiger partial charge in [-0.05, 0) is 56.0 Å². The van der Waals surface area contributed by atoms with E-state index < -0.39 is 5.41 Å². The zero-order valence-electron chi connectivity index (χ0n) is 18.6. The summed E-state index contributed by atoms with van der Waals surface area (Å²) in [6.07, 6.45) is 6.32. The molecule has 0 spiro atoms. The first kappa shape index (κ1) is 22.6. The second kappa shape index (κ2) is 9.90. The van der Waals surface area contributed by atoms with Crippen LogP contribution in [0.2, 0.25) is 5.02 Å². The second-order valence-corrected chi connectivity index (χ2v) is 8.99. The topological polar surface area (TPSA) is 62.7 Å². The monoisotopic (exact) mass is 455 g/mol. The highest BCUT2D eigenvalue weighted by molar-refractivity contribution is 6.30. The highest BCUT2D eigenvalue weighted by atomic mass is 35.5. The normalized spacial score (nSPS) is 18.3. The van der Waals surface area contributed by atoms with Crippen LogP contribution in [0.3, 0.4) is 0 Å². The third kappa shape index (κ3) is 4.60. The van der Waals surface area contributed by atoms with E-state index in [0.29, 0.717) is 30.3 Å². The Morgan fingerprint density at radius 3 is 2.56 bits per heavy atom. The van der Waals surface area contributed by atoms with Gasteiger partial charge in [-0.25, -0.2) is 9.78 Å². The molecule has 1 aliphatic carbocycles. The summed E-state index contributed by atoms with van der Waals surface area (Å²) in [7, 11) is 0. The molecule has 0 unspecified atom stereocenters. The van der Waals surface area contributed by atoms with E-state index >= 15 is 0 Å². The maximum absolute atomic E-state index is 13.8. The molecule has 1 aromatic heterocycles. The number of hydrogen-bond donors (Lipinski definition) is 0. The van der Waals surface area contributed by atoms with Crippen molar-refractivity contribution in [1.29, 1.82) is 0 Å². The molecule has 0 radical (unpaired) electrons. The van der Waals surface area contributed by atoms with Crippen LogP contribution in [-0.4, -0.2) is 54.5 Å². The van der Waals surface area contributed by atoms with E-state index in [2.05, 4.69) is 9.88 Å². The Balaban J connectivity index is 1.47. The van der Waals surface area contributed by atoms with Gasteiger partial charge in [0, 0.05) is 37.4 Å². The number of aromatic nitrogens is 1. The molecule has 4 rings (SSSR count). The molecule has 32 heavy (non-hydrogen) atoms. The molecule has 2 aliphatic rings. The number of halogens is 1. The summed E-state index contributed by atoms with van der Waals surface area (Å²) >= 11 is 6.27. The quantitative estimate of drug-likeness (QED) is 0.623. The van der Waals surface area contributed by atoms with Gasteiger partial charge < -0.3 is 14.5 Å². The Bertz CT molecular complexity index is 957. The van der Waals surface area contributed by atoms with Gasteiger partial charge >= 0.3 is 5.97 Å². The number of nitrogens with zero attached hydrogens (tertiary/aromatic N) is 3. The third-order valence-corrected chi connectivity index (χ3v) is 6.84. The number of benzene rings is 1. The van der Waals surface area contributed by atoms with Gasteiger partial charge in [0.1, 0.15) is 5.82 Å². The van der Waals surface area contributed by atoms with Crippen LogP contribution in [0.4, 0.5) is 5.82 Å². The number of pyridine rings is 1. The lowest BCUT2D eigenvalue weighted by molar-refractivity contribution is -0.137. The number of hydrogen-bond acceptors (Lipinski definition) is 5. The summed E-state index contributed by atoms with van der Waals surface area (Å²) in [5.74, 6) is 0.685. The molecule has 1 aromatic carbocycles. The van der Waals surface area contributed by atoms with E-state index in [1.165, 1.54) is 0 Å². The molecule has 2 fully saturated rings. The van der Waals surface area contributed by atoms with Crippen molar-refractivity contribution in [2.75, 3.05) is 37.7 Å². The van der Waals surface area contributed by atoms with Gasteiger partial charge in [0.05, 0.1) is 17.6 Å². The van der Waals surface area contributed by atoms with Gasteiger partial charge in [-0.2, -0.15) is 0 Å². The van der Waals surface area contributed by atoms with Crippen molar-refractivity contribution in [2.24, 2.45) is 0 Å². The first-order chi connectivity index (χ1) is 15.5. The number of anilines is 1. The maximum Gasteiger partial charge on any atom is 0.339 e. The fraction of sp³-hybridized carbons (Fsp3) is 0.480. The maximum atomic E-state index is 13.8. The van der Waals surface area contributed by atoms with Gasteiger partial charge in [0.2, 0.25) is 5.91 Å². The van der Waals surface area contributed by atoms with Crippen molar-refractivity contribution in [1.82, 2.24) is 9.88 Å². The van der Waals surface area contributed by atoms with E-state index in [9.17, 15) is 9.59 Å². The minimum atomic E-state index is -0.459. The summed E-state index contributed by atoms with van der Waals surface area (Å²) in [5, 5.41) is 0.681. The number of amides is 1. The largest absolute Gasteiger partial charge is 0.462 e. The lowest BCUT2D eigenvalue weighted by Crippen LogP contribution is -2.47. The SMILES string of the molecule is CCOC(=O)c1ccc(N2CCCN(C(=O)C3(c4cccc(Cl)c4)CCCC3)CC2)nc1. The Labute approximate surface area is 194 Å². The van der Waals surface area contributed by atoms with Gasteiger partial charge in [0.15, 0.2) is 0 Å². The van der Waals surface area contributed by atoms with E-state index in [-0.39, 0.29) is 11.9 Å². The van der Waals surface area contributed by atoms with Crippen LogP contribution >= 0.6 is 11.6 Å². The molecule has 1 aliphatic heterocycles. The van der Waals surface area contributed by atoms with Crippen molar-refractivity contribution in [3.63, 3.8) is 0 Å². The summed E-state index contributed by atoms with van der Waals surface area (Å²) in [6, 6.07) is 11.4. The Morgan fingerprint density at radius 2 is 1.88 bits per heavy atom. The molecule has 0 N–H and O–H groups in total. The number of carbonyl (C=O) groups is 2. The molecular weight excluding hydrogens is 426 g/mol. The molecule has 6 nitrogen and oxygen atoms in total. The second-order valence-electron chi connectivity index (χ2n) is 8.56. The number of ether oxygens (including phenoxy) is 1. The van der Waals surface area contributed by atoms with Gasteiger partial charge in [-0.1, -0.05) is 36.6 Å². The van der Waals surface area contributed by atoms with Crippen LogP contribution in [0, 0.1) is 0 Å². The molecule has 1 amide bonds. The van der Waals surface area contributed by atoms with Gasteiger partial charge in [0.25, 0.3) is 0 Å². The molecular formula is C25H30ClN3O3. The molecule has 1 saturated heterocycles. The predicted molar refractivity (Wildman–Crippen MR) is 125 cm³/mol. The molecule has 0 atom stereocenters. The van der Waals surface area contributed by atoms with Crippen LogP contribution < -0.4 is 4.90 Å². The van der Waals surface area contributed by atoms with Crippen molar-refractivity contribution in [3.05, 3.63) is 58.7 Å². The summed E-state index contributed by atoms with van der Waals surface area (Å²) < 4.78 is 5.03. The van der Waals surface area contributed by atoms with Crippen molar-refractivity contribution < 1.29 is 14.3 Å². The minimum Gasteiger partial charge on any atom is -0.462 e. The number of esters is 1. The van der Waals surface area contributed by atoms with Crippen LogP contribution in [0.5, 0.6) is 0 Å². The average Bonchev–Trinajstić information content (AvgIpc) is 3.18. The number of rotatable bonds is 5. The highest BCUT2D eigenvalue weighted by Gasteiger charge is 2.45. The summed E-state index contributed by atoms with van der Waals surface area (Å²) in [6.45, 7) is 5.04. The lowest BCUT2D eigenvalue weighted by atomic mass is 9.77. The third-order valence-electron chi connectivity index (χ3n) is 6.61. The molecule has 170 valence electrons. The smallest absolute Gasteiger partial charge is 0.339 e. The molecule has 1 saturated carbocycles. The molecule has 7 heteroatoms. The Kier molecular flexibility index (Phi) is 6.99. The summed E-state index contributed by atoms with van der Waals surface area (Å²) in [5.41, 5.74) is 1.04. The van der Waals surface area contributed by atoms with E-state index in [1.807, 2.05) is 35.2 Å². The molecule has 2 heterocycles. The van der Waals surface area contributed by atoms with Crippen molar-refractivity contribution in [3.8, 4) is 0 Å². The van der Waals surface area contributed by atoms with Crippen LogP contribution in [0.15, 0.2) is 42.6 Å². The minimum absolute atomic E-state index is 0.227. The summed E-state index contributed by atoms with van der Waals surface area (Å²) in [4.78, 5) is 34.4. The number of carbonyl (C=O) groups excluding carboxylic acids is 2. The van der Waals surface area contributed by atoms with Crippen LogP contribution in [0.25, 0.3) is 0 Å². The van der Waals surface area contributed by atoms with Crippen molar-refractivity contribution >= 4 is 29.3 Å². The lowest BCUT2D eigenvalue weighted by Gasteiger charge is -2.34. The van der Waals surface area contributed by atoms with Gasteiger partial charge in [-0.15, -0.1) is 0 Å². The first-order valence-electron chi connectivity index (χ1n) is 11.5. The van der Waals surface area contributed by atoms with Crippen molar-refractivity contribution in [2.45, 2.75) is 44.4 Å². The van der Waals surface area contributed by atoms with E-state index in [1.54, 1.807) is 19.2 Å². The average molecular weight is 456 g/mol. The fourth-order valence-corrected chi connectivity index (χ4v) is 5.14. The van der Waals surface area contributed by atoms with Crippen LogP contribution in [-0.2, 0) is 14.9 Å². The van der Waals surface area contributed by atoms with Crippen LogP contribution in [0.1, 0.15) is 54.9 Å². The van der Waals surface area contributed by atoms with Gasteiger partial charge in [-0.3, -0.25) is 4.79 Å². The predicted octanol–water partition coefficient (Wildman–Crippen LogP) is 4.46. The van der Waals surface area contributed by atoms with E-state index in [0.717, 1.165) is 56.6 Å². The fourth-order valence-electron chi connectivity index (χ4n) is 4.95. The first-order valence-corrected chi connectivity index (χ1v) is 11.8. The standard InChI is InChI=1S/C25H30ClN3O3/c1-2-32-23(30)19-9-10-22(27-18-19)28-13-6-14-29(16-15-28)24(31)25(11-3-4-12-25)20-7-5-8-21(26)17-20/h5,7-10,17-18H,2-4,6,11-16H2,1H3. The molecule has 2 aromatic rings. The zero-order valence-corrected chi connectivity index (χ0v) is 19.3.